The second kappa shape index (κ2) is 7.18. The first-order chi connectivity index (χ1) is 11.7. The van der Waals surface area contributed by atoms with Crippen LogP contribution in [0, 0.1) is 0 Å². The Balaban J connectivity index is 1.88. The molecular formula is C21H21NO2. The number of ether oxygens (including phenoxy) is 1. The van der Waals surface area contributed by atoms with Crippen LogP contribution in [0.1, 0.15) is 13.8 Å². The van der Waals surface area contributed by atoms with Crippen LogP contribution in [0.2, 0.25) is 0 Å². The maximum atomic E-state index is 12.9. The van der Waals surface area contributed by atoms with Gasteiger partial charge in [-0.3, -0.25) is 4.79 Å². The quantitative estimate of drug-likeness (QED) is 0.684. The molecule has 24 heavy (non-hydrogen) atoms. The van der Waals surface area contributed by atoms with Crippen LogP contribution in [0.25, 0.3) is 10.8 Å². The van der Waals surface area contributed by atoms with Gasteiger partial charge in [-0.2, -0.15) is 0 Å². The predicted octanol–water partition coefficient (Wildman–Crippen LogP) is 4.66. The van der Waals surface area contributed by atoms with Crippen LogP contribution in [0.5, 0.6) is 5.75 Å². The van der Waals surface area contributed by atoms with E-state index in [0.717, 1.165) is 16.5 Å². The Kier molecular flexibility index (Phi) is 4.80. The topological polar surface area (TPSA) is 29.5 Å². The number of anilines is 1. The minimum absolute atomic E-state index is 0.0438. The van der Waals surface area contributed by atoms with E-state index in [9.17, 15) is 4.79 Å². The van der Waals surface area contributed by atoms with Gasteiger partial charge in [0.1, 0.15) is 5.75 Å². The van der Waals surface area contributed by atoms with E-state index in [-0.39, 0.29) is 5.91 Å². The Labute approximate surface area is 142 Å². The highest BCUT2D eigenvalue weighted by Crippen LogP contribution is 2.27. The maximum Gasteiger partial charge on any atom is 0.267 e. The second-order valence-electron chi connectivity index (χ2n) is 5.65. The molecule has 0 saturated carbocycles. The number of hydrogen-bond donors (Lipinski definition) is 0. The van der Waals surface area contributed by atoms with Crippen molar-refractivity contribution in [2.75, 3.05) is 11.4 Å². The van der Waals surface area contributed by atoms with Crippen LogP contribution in [0.3, 0.4) is 0 Å². The Hall–Kier alpha value is -2.81. The van der Waals surface area contributed by atoms with Gasteiger partial charge in [0.25, 0.3) is 5.91 Å². The van der Waals surface area contributed by atoms with E-state index in [1.807, 2.05) is 67.6 Å². The fraction of sp³-hybridized carbons (Fsp3) is 0.190. The summed E-state index contributed by atoms with van der Waals surface area (Å²) >= 11 is 0. The first-order valence-electron chi connectivity index (χ1n) is 8.21. The smallest absolute Gasteiger partial charge is 0.267 e. The number of likely N-dealkylation sites (N-methyl/N-ethyl adjacent to an activating group) is 1. The van der Waals surface area contributed by atoms with Gasteiger partial charge in [-0.1, -0.05) is 54.6 Å². The van der Waals surface area contributed by atoms with Gasteiger partial charge >= 0.3 is 0 Å². The van der Waals surface area contributed by atoms with Gasteiger partial charge < -0.3 is 9.64 Å². The number of carbonyl (C=O) groups is 1. The van der Waals surface area contributed by atoms with Gasteiger partial charge in [-0.05, 0) is 37.4 Å². The number of rotatable bonds is 5. The molecule has 1 amide bonds. The third kappa shape index (κ3) is 3.25. The van der Waals surface area contributed by atoms with Crippen LogP contribution in [0.15, 0.2) is 72.8 Å². The molecule has 0 bridgehead atoms. The molecule has 3 aromatic carbocycles. The van der Waals surface area contributed by atoms with Crippen molar-refractivity contribution in [1.82, 2.24) is 0 Å². The standard InChI is InChI=1S/C21H21NO2/c1-3-22(20-15-9-11-17-10-7-8-14-19(17)20)21(23)16(2)24-18-12-5-4-6-13-18/h4-16H,3H2,1-2H3. The summed E-state index contributed by atoms with van der Waals surface area (Å²) in [6, 6.07) is 23.6. The molecular weight excluding hydrogens is 298 g/mol. The van der Waals surface area contributed by atoms with E-state index in [1.54, 1.807) is 11.8 Å². The molecule has 0 aromatic heterocycles. The summed E-state index contributed by atoms with van der Waals surface area (Å²) in [6.45, 7) is 4.37. The van der Waals surface area contributed by atoms with E-state index in [2.05, 4.69) is 12.1 Å². The Morgan fingerprint density at radius 3 is 2.38 bits per heavy atom. The molecule has 0 spiro atoms. The molecule has 3 rings (SSSR count). The van der Waals surface area contributed by atoms with Crippen LogP contribution in [-0.4, -0.2) is 18.6 Å². The van der Waals surface area contributed by atoms with Gasteiger partial charge in [-0.25, -0.2) is 0 Å². The Morgan fingerprint density at radius 1 is 0.958 bits per heavy atom. The number of carbonyl (C=O) groups excluding carboxylic acids is 1. The lowest BCUT2D eigenvalue weighted by atomic mass is 10.1. The zero-order chi connectivity index (χ0) is 16.9. The van der Waals surface area contributed by atoms with E-state index >= 15 is 0 Å². The summed E-state index contributed by atoms with van der Waals surface area (Å²) in [4.78, 5) is 14.7. The Bertz CT molecular complexity index is 824. The SMILES string of the molecule is CCN(C(=O)C(C)Oc1ccccc1)c1cccc2ccccc12. The molecule has 0 aliphatic heterocycles. The molecule has 0 radical (unpaired) electrons. The van der Waals surface area contributed by atoms with Gasteiger partial charge in [0.2, 0.25) is 0 Å². The van der Waals surface area contributed by atoms with Crippen LogP contribution in [0.4, 0.5) is 5.69 Å². The van der Waals surface area contributed by atoms with Crippen LogP contribution in [-0.2, 0) is 4.79 Å². The van der Waals surface area contributed by atoms with Crippen molar-refractivity contribution in [2.45, 2.75) is 20.0 Å². The Morgan fingerprint density at radius 2 is 1.62 bits per heavy atom. The van der Waals surface area contributed by atoms with Gasteiger partial charge in [0.05, 0.1) is 5.69 Å². The molecule has 0 aliphatic carbocycles. The zero-order valence-corrected chi connectivity index (χ0v) is 14.0. The molecule has 0 aliphatic rings. The van der Waals surface area contributed by atoms with E-state index in [4.69, 9.17) is 4.74 Å². The highest BCUT2D eigenvalue weighted by molar-refractivity contribution is 6.05. The summed E-state index contributed by atoms with van der Waals surface area (Å²) in [5, 5.41) is 2.19. The van der Waals surface area contributed by atoms with Crippen molar-refractivity contribution in [1.29, 1.82) is 0 Å². The van der Waals surface area contributed by atoms with E-state index in [1.165, 1.54) is 0 Å². The first kappa shape index (κ1) is 16.1. The number of nitrogens with zero attached hydrogens (tertiary/aromatic N) is 1. The lowest BCUT2D eigenvalue weighted by molar-refractivity contribution is -0.124. The fourth-order valence-corrected chi connectivity index (χ4v) is 2.86. The molecule has 0 saturated heterocycles. The molecule has 0 fully saturated rings. The number of benzene rings is 3. The number of fused-ring (bicyclic) bond motifs is 1. The fourth-order valence-electron chi connectivity index (χ4n) is 2.86. The van der Waals surface area contributed by atoms with Crippen molar-refractivity contribution in [3.8, 4) is 5.75 Å². The summed E-state index contributed by atoms with van der Waals surface area (Å²) in [7, 11) is 0. The van der Waals surface area contributed by atoms with Gasteiger partial charge in [-0.15, -0.1) is 0 Å². The van der Waals surface area contributed by atoms with Gasteiger partial charge in [0.15, 0.2) is 6.10 Å². The first-order valence-corrected chi connectivity index (χ1v) is 8.21. The molecule has 1 unspecified atom stereocenters. The minimum atomic E-state index is -0.550. The third-order valence-corrected chi connectivity index (χ3v) is 4.04. The van der Waals surface area contributed by atoms with Gasteiger partial charge in [0, 0.05) is 11.9 Å². The number of hydrogen-bond acceptors (Lipinski definition) is 2. The van der Waals surface area contributed by atoms with Crippen molar-refractivity contribution in [3.63, 3.8) is 0 Å². The lowest BCUT2D eigenvalue weighted by Crippen LogP contribution is -2.40. The average Bonchev–Trinajstić information content (AvgIpc) is 2.63. The average molecular weight is 319 g/mol. The van der Waals surface area contributed by atoms with Crippen molar-refractivity contribution >= 4 is 22.4 Å². The van der Waals surface area contributed by atoms with E-state index in [0.29, 0.717) is 12.3 Å². The molecule has 3 nitrogen and oxygen atoms in total. The van der Waals surface area contributed by atoms with Crippen molar-refractivity contribution in [3.05, 3.63) is 72.8 Å². The summed E-state index contributed by atoms with van der Waals surface area (Å²) in [5.74, 6) is 0.657. The molecule has 122 valence electrons. The lowest BCUT2D eigenvalue weighted by Gasteiger charge is -2.26. The number of amides is 1. The van der Waals surface area contributed by atoms with Crippen LogP contribution >= 0.6 is 0 Å². The molecule has 0 N–H and O–H groups in total. The minimum Gasteiger partial charge on any atom is -0.481 e. The normalized spacial score (nSPS) is 11.9. The van der Waals surface area contributed by atoms with Crippen molar-refractivity contribution < 1.29 is 9.53 Å². The molecule has 3 heteroatoms. The highest BCUT2D eigenvalue weighted by Gasteiger charge is 2.23. The predicted molar refractivity (Wildman–Crippen MR) is 98.5 cm³/mol. The summed E-state index contributed by atoms with van der Waals surface area (Å²) in [6.07, 6.45) is -0.550. The van der Waals surface area contributed by atoms with Crippen LogP contribution < -0.4 is 9.64 Å². The monoisotopic (exact) mass is 319 g/mol. The highest BCUT2D eigenvalue weighted by atomic mass is 16.5. The molecule has 1 atom stereocenters. The largest absolute Gasteiger partial charge is 0.481 e. The zero-order valence-electron chi connectivity index (χ0n) is 14.0. The summed E-state index contributed by atoms with van der Waals surface area (Å²) < 4.78 is 5.80. The maximum absolute atomic E-state index is 12.9. The van der Waals surface area contributed by atoms with Crippen molar-refractivity contribution in [2.24, 2.45) is 0 Å². The summed E-state index contributed by atoms with van der Waals surface area (Å²) in [5.41, 5.74) is 0.920. The second-order valence-corrected chi connectivity index (χ2v) is 5.65. The van der Waals surface area contributed by atoms with E-state index < -0.39 is 6.10 Å². The number of para-hydroxylation sites is 1. The third-order valence-electron chi connectivity index (χ3n) is 4.04. The molecule has 0 heterocycles. The molecule has 3 aromatic rings.